The second-order valence-corrected chi connectivity index (χ2v) is 7.79. The van der Waals surface area contributed by atoms with Gasteiger partial charge in [-0.3, -0.25) is 9.59 Å². The van der Waals surface area contributed by atoms with E-state index in [0.717, 1.165) is 11.3 Å². The summed E-state index contributed by atoms with van der Waals surface area (Å²) in [4.78, 5) is 28.1. The minimum atomic E-state index is -0.472. The predicted molar refractivity (Wildman–Crippen MR) is 130 cm³/mol. The van der Waals surface area contributed by atoms with Gasteiger partial charge in [0.1, 0.15) is 17.2 Å². The summed E-state index contributed by atoms with van der Waals surface area (Å²) >= 11 is 6.26. The fourth-order valence-electron chi connectivity index (χ4n) is 3.58. The second kappa shape index (κ2) is 9.79. The molecule has 0 radical (unpaired) electrons. The van der Waals surface area contributed by atoms with Gasteiger partial charge < -0.3 is 14.8 Å². The molecule has 0 aromatic heterocycles. The lowest BCUT2D eigenvalue weighted by molar-refractivity contribution is -0.120. The smallest absolute Gasteiger partial charge is 0.282 e. The van der Waals surface area contributed by atoms with Gasteiger partial charge in [-0.1, -0.05) is 54.9 Å². The van der Waals surface area contributed by atoms with E-state index in [9.17, 15) is 9.59 Å². The number of amides is 2. The van der Waals surface area contributed by atoms with Gasteiger partial charge >= 0.3 is 0 Å². The van der Waals surface area contributed by atoms with Gasteiger partial charge in [-0.2, -0.15) is 0 Å². The van der Waals surface area contributed by atoms with Crippen LogP contribution in [0.15, 0.2) is 78.5 Å². The van der Waals surface area contributed by atoms with E-state index in [4.69, 9.17) is 21.1 Å². The van der Waals surface area contributed by atoms with Crippen molar-refractivity contribution in [3.8, 4) is 11.5 Å². The minimum Gasteiger partial charge on any atom is -0.495 e. The molecule has 0 saturated carbocycles. The molecule has 7 heteroatoms. The number of hydrogen-bond donors (Lipinski definition) is 1. The SMILES string of the molecule is CCCOc1cccc(NC2=C(c3ccccc3)C(=O)N(c3ccc(OC)c(Cl)c3)C2=O)c1. The topological polar surface area (TPSA) is 67.9 Å². The molecule has 168 valence electrons. The molecule has 0 atom stereocenters. The van der Waals surface area contributed by atoms with Crippen molar-refractivity contribution < 1.29 is 19.1 Å². The van der Waals surface area contributed by atoms with E-state index < -0.39 is 11.8 Å². The van der Waals surface area contributed by atoms with Crippen molar-refractivity contribution in [2.24, 2.45) is 0 Å². The first-order chi connectivity index (χ1) is 16.0. The van der Waals surface area contributed by atoms with Crippen LogP contribution in [0.3, 0.4) is 0 Å². The molecule has 0 fully saturated rings. The monoisotopic (exact) mass is 462 g/mol. The first-order valence-corrected chi connectivity index (χ1v) is 10.9. The minimum absolute atomic E-state index is 0.186. The van der Waals surface area contributed by atoms with E-state index in [-0.39, 0.29) is 11.3 Å². The Labute approximate surface area is 197 Å². The molecule has 4 rings (SSSR count). The van der Waals surface area contributed by atoms with Gasteiger partial charge in [0.15, 0.2) is 0 Å². The van der Waals surface area contributed by atoms with Gasteiger partial charge in [-0.25, -0.2) is 4.90 Å². The summed E-state index contributed by atoms with van der Waals surface area (Å²) in [6.45, 7) is 2.62. The maximum absolute atomic E-state index is 13.5. The molecule has 33 heavy (non-hydrogen) atoms. The Kier molecular flexibility index (Phi) is 6.66. The van der Waals surface area contributed by atoms with Crippen molar-refractivity contribution in [3.05, 3.63) is 89.1 Å². The lowest BCUT2D eigenvalue weighted by Gasteiger charge is -2.16. The summed E-state index contributed by atoms with van der Waals surface area (Å²) in [7, 11) is 1.50. The summed E-state index contributed by atoms with van der Waals surface area (Å²) < 4.78 is 10.9. The molecule has 0 aliphatic carbocycles. The molecular weight excluding hydrogens is 440 g/mol. The molecule has 1 aliphatic rings. The van der Waals surface area contributed by atoms with Crippen LogP contribution in [-0.4, -0.2) is 25.5 Å². The lowest BCUT2D eigenvalue weighted by Crippen LogP contribution is -2.32. The number of nitrogens with one attached hydrogen (secondary N) is 1. The maximum Gasteiger partial charge on any atom is 0.282 e. The molecule has 3 aromatic rings. The Hall–Kier alpha value is -3.77. The number of ether oxygens (including phenoxy) is 2. The van der Waals surface area contributed by atoms with Crippen molar-refractivity contribution in [3.63, 3.8) is 0 Å². The Balaban J connectivity index is 1.75. The molecule has 1 N–H and O–H groups in total. The van der Waals surface area contributed by atoms with Crippen LogP contribution >= 0.6 is 11.6 Å². The van der Waals surface area contributed by atoms with Gasteiger partial charge in [0.2, 0.25) is 0 Å². The largest absolute Gasteiger partial charge is 0.495 e. The van der Waals surface area contributed by atoms with E-state index in [1.54, 1.807) is 36.4 Å². The van der Waals surface area contributed by atoms with E-state index >= 15 is 0 Å². The zero-order chi connectivity index (χ0) is 23.4. The molecule has 1 heterocycles. The third-order valence-corrected chi connectivity index (χ3v) is 5.41. The standard InChI is InChI=1S/C26H23ClN2O4/c1-3-14-33-20-11-7-10-18(15-20)28-24-23(17-8-5-4-6-9-17)25(30)29(26(24)31)19-12-13-22(32-2)21(27)16-19/h4-13,15-16,28H,3,14H2,1-2H3. The molecule has 3 aromatic carbocycles. The highest BCUT2D eigenvalue weighted by Crippen LogP contribution is 2.36. The second-order valence-electron chi connectivity index (χ2n) is 7.38. The summed E-state index contributed by atoms with van der Waals surface area (Å²) in [5, 5.41) is 3.46. The van der Waals surface area contributed by atoms with Crippen LogP contribution < -0.4 is 19.7 Å². The van der Waals surface area contributed by atoms with Crippen LogP contribution in [-0.2, 0) is 9.59 Å². The molecular formula is C26H23ClN2O4. The average molecular weight is 463 g/mol. The van der Waals surface area contributed by atoms with Gasteiger partial charge in [0, 0.05) is 11.8 Å². The molecule has 2 amide bonds. The third-order valence-electron chi connectivity index (χ3n) is 5.12. The third kappa shape index (κ3) is 4.56. The summed E-state index contributed by atoms with van der Waals surface area (Å²) in [5.41, 5.74) is 2.11. The van der Waals surface area contributed by atoms with Crippen LogP contribution in [0.2, 0.25) is 5.02 Å². The van der Waals surface area contributed by atoms with E-state index in [2.05, 4.69) is 5.32 Å². The number of carbonyl (C=O) groups excluding carboxylic acids is 2. The highest BCUT2D eigenvalue weighted by molar-refractivity contribution is 6.46. The molecule has 0 spiro atoms. The molecule has 0 bridgehead atoms. The highest BCUT2D eigenvalue weighted by Gasteiger charge is 2.40. The number of nitrogens with zero attached hydrogens (tertiary/aromatic N) is 1. The van der Waals surface area contributed by atoms with Gasteiger partial charge in [-0.05, 0) is 42.3 Å². The number of carbonyl (C=O) groups is 2. The average Bonchev–Trinajstić information content (AvgIpc) is 3.07. The molecule has 1 aliphatic heterocycles. The molecule has 0 unspecified atom stereocenters. The van der Waals surface area contributed by atoms with Gasteiger partial charge in [0.25, 0.3) is 11.8 Å². The Morgan fingerprint density at radius 1 is 0.939 bits per heavy atom. The fourth-order valence-corrected chi connectivity index (χ4v) is 3.83. The van der Waals surface area contributed by atoms with E-state index in [0.29, 0.717) is 40.1 Å². The lowest BCUT2D eigenvalue weighted by atomic mass is 10.0. The van der Waals surface area contributed by atoms with Crippen molar-refractivity contribution in [2.75, 3.05) is 23.9 Å². The fraction of sp³-hybridized carbons (Fsp3) is 0.154. The number of imide groups is 1. The normalized spacial score (nSPS) is 13.5. The zero-order valence-electron chi connectivity index (χ0n) is 18.3. The molecule has 0 saturated heterocycles. The number of halogens is 1. The van der Waals surface area contributed by atoms with Crippen LogP contribution in [0.5, 0.6) is 11.5 Å². The Morgan fingerprint density at radius 3 is 2.42 bits per heavy atom. The Bertz CT molecular complexity index is 1220. The van der Waals surface area contributed by atoms with Crippen molar-refractivity contribution in [2.45, 2.75) is 13.3 Å². The maximum atomic E-state index is 13.5. The van der Waals surface area contributed by atoms with Gasteiger partial charge in [-0.15, -0.1) is 0 Å². The van der Waals surface area contributed by atoms with Crippen LogP contribution in [0.1, 0.15) is 18.9 Å². The van der Waals surface area contributed by atoms with E-state index in [1.165, 1.54) is 7.11 Å². The first-order valence-electron chi connectivity index (χ1n) is 10.6. The van der Waals surface area contributed by atoms with Crippen LogP contribution in [0, 0.1) is 0 Å². The Morgan fingerprint density at radius 2 is 1.73 bits per heavy atom. The van der Waals surface area contributed by atoms with Gasteiger partial charge in [0.05, 0.1) is 30.0 Å². The van der Waals surface area contributed by atoms with Crippen molar-refractivity contribution in [1.82, 2.24) is 0 Å². The number of hydrogen-bond acceptors (Lipinski definition) is 5. The zero-order valence-corrected chi connectivity index (χ0v) is 19.1. The number of rotatable bonds is 8. The number of benzene rings is 3. The predicted octanol–water partition coefficient (Wildman–Crippen LogP) is 5.53. The quantitative estimate of drug-likeness (QED) is 0.445. The van der Waals surface area contributed by atoms with Crippen LogP contribution in [0.25, 0.3) is 5.57 Å². The summed E-state index contributed by atoms with van der Waals surface area (Å²) in [6.07, 6.45) is 0.882. The van der Waals surface area contributed by atoms with Crippen molar-refractivity contribution >= 4 is 40.4 Å². The number of methoxy groups -OCH3 is 1. The molecule has 6 nitrogen and oxygen atoms in total. The summed E-state index contributed by atoms with van der Waals surface area (Å²) in [6, 6.07) is 21.2. The van der Waals surface area contributed by atoms with Crippen molar-refractivity contribution in [1.29, 1.82) is 0 Å². The van der Waals surface area contributed by atoms with E-state index in [1.807, 2.05) is 43.3 Å². The number of anilines is 2. The summed E-state index contributed by atoms with van der Waals surface area (Å²) in [5.74, 6) is 0.227. The highest BCUT2D eigenvalue weighted by atomic mass is 35.5. The first kappa shape index (κ1) is 22.4. The van der Waals surface area contributed by atoms with Crippen LogP contribution in [0.4, 0.5) is 11.4 Å².